The molecule has 16 heavy (non-hydrogen) atoms. The molecule has 0 amide bonds. The highest BCUT2D eigenvalue weighted by Crippen LogP contribution is 2.26. The number of aliphatic hydroxyl groups is 1. The molecule has 0 aromatic rings. The molecular formula is C14H27NO. The highest BCUT2D eigenvalue weighted by atomic mass is 16.3. The van der Waals surface area contributed by atoms with E-state index in [1.165, 1.54) is 57.8 Å². The maximum atomic E-state index is 10.1. The van der Waals surface area contributed by atoms with Gasteiger partial charge in [0.15, 0.2) is 0 Å². The third-order valence-corrected chi connectivity index (χ3v) is 4.46. The minimum absolute atomic E-state index is 0.0956. The minimum atomic E-state index is -0.0956. The van der Waals surface area contributed by atoms with Gasteiger partial charge in [-0.15, -0.1) is 0 Å². The molecule has 2 aliphatic carbocycles. The van der Waals surface area contributed by atoms with E-state index in [-0.39, 0.29) is 6.10 Å². The van der Waals surface area contributed by atoms with Crippen LogP contribution in [-0.4, -0.2) is 24.3 Å². The van der Waals surface area contributed by atoms with Gasteiger partial charge >= 0.3 is 0 Å². The van der Waals surface area contributed by atoms with Gasteiger partial charge in [-0.1, -0.05) is 32.1 Å². The molecule has 1 atom stereocenters. The molecule has 2 fully saturated rings. The molecule has 2 rings (SSSR count). The Kier molecular flexibility index (Phi) is 5.11. The van der Waals surface area contributed by atoms with Crippen LogP contribution in [-0.2, 0) is 0 Å². The van der Waals surface area contributed by atoms with E-state index in [4.69, 9.17) is 0 Å². The van der Waals surface area contributed by atoms with Gasteiger partial charge in [-0.25, -0.2) is 0 Å². The first-order valence-electron chi connectivity index (χ1n) is 7.25. The van der Waals surface area contributed by atoms with Crippen LogP contribution in [0.15, 0.2) is 0 Å². The molecule has 0 heterocycles. The van der Waals surface area contributed by atoms with E-state index >= 15 is 0 Å². The standard InChI is InChI=1S/C14H27NO/c16-14(13-8-2-1-3-9-13)11-15-10-12-6-4-5-7-12/h12-16H,1-11H2. The number of hydrogen-bond donors (Lipinski definition) is 2. The molecule has 0 aromatic carbocycles. The van der Waals surface area contributed by atoms with E-state index in [0.29, 0.717) is 5.92 Å². The predicted molar refractivity (Wildman–Crippen MR) is 67.4 cm³/mol. The first-order valence-corrected chi connectivity index (χ1v) is 7.25. The number of aliphatic hydroxyl groups excluding tert-OH is 1. The summed E-state index contributed by atoms with van der Waals surface area (Å²) < 4.78 is 0. The zero-order valence-electron chi connectivity index (χ0n) is 10.5. The fourth-order valence-corrected chi connectivity index (χ4v) is 3.34. The third-order valence-electron chi connectivity index (χ3n) is 4.46. The monoisotopic (exact) mass is 225 g/mol. The van der Waals surface area contributed by atoms with Gasteiger partial charge in [0.05, 0.1) is 6.10 Å². The van der Waals surface area contributed by atoms with E-state index < -0.39 is 0 Å². The van der Waals surface area contributed by atoms with Gasteiger partial charge in [0, 0.05) is 6.54 Å². The van der Waals surface area contributed by atoms with Crippen LogP contribution in [0.1, 0.15) is 57.8 Å². The molecule has 1 unspecified atom stereocenters. The van der Waals surface area contributed by atoms with Gasteiger partial charge in [0.25, 0.3) is 0 Å². The molecule has 0 aliphatic heterocycles. The van der Waals surface area contributed by atoms with Crippen molar-refractivity contribution in [2.45, 2.75) is 63.9 Å². The molecule has 2 nitrogen and oxygen atoms in total. The molecule has 0 bridgehead atoms. The van der Waals surface area contributed by atoms with Gasteiger partial charge in [0.2, 0.25) is 0 Å². The highest BCUT2D eigenvalue weighted by molar-refractivity contribution is 4.76. The fourth-order valence-electron chi connectivity index (χ4n) is 3.34. The van der Waals surface area contributed by atoms with Gasteiger partial charge in [-0.05, 0) is 44.1 Å². The molecule has 0 radical (unpaired) electrons. The van der Waals surface area contributed by atoms with Crippen LogP contribution < -0.4 is 5.32 Å². The van der Waals surface area contributed by atoms with Crippen molar-refractivity contribution in [2.75, 3.05) is 13.1 Å². The van der Waals surface area contributed by atoms with Crippen molar-refractivity contribution in [2.24, 2.45) is 11.8 Å². The number of nitrogens with one attached hydrogen (secondary N) is 1. The molecular weight excluding hydrogens is 198 g/mol. The first kappa shape index (κ1) is 12.4. The second-order valence-corrected chi connectivity index (χ2v) is 5.77. The molecule has 0 spiro atoms. The summed E-state index contributed by atoms with van der Waals surface area (Å²) in [5.41, 5.74) is 0. The minimum Gasteiger partial charge on any atom is -0.392 e. The van der Waals surface area contributed by atoms with E-state index in [0.717, 1.165) is 19.0 Å². The molecule has 2 heteroatoms. The van der Waals surface area contributed by atoms with Crippen LogP contribution in [0.5, 0.6) is 0 Å². The quantitative estimate of drug-likeness (QED) is 0.754. The number of rotatable bonds is 5. The lowest BCUT2D eigenvalue weighted by Crippen LogP contribution is -2.35. The summed E-state index contributed by atoms with van der Waals surface area (Å²) in [5.74, 6) is 1.46. The van der Waals surface area contributed by atoms with Crippen LogP contribution in [0.3, 0.4) is 0 Å². The molecule has 2 N–H and O–H groups in total. The SMILES string of the molecule is OC(CNCC1CCCC1)C1CCCCC1. The summed E-state index contributed by atoms with van der Waals surface area (Å²) in [6, 6.07) is 0. The predicted octanol–water partition coefficient (Wildman–Crippen LogP) is 2.71. The first-order chi connectivity index (χ1) is 7.86. The Morgan fingerprint density at radius 2 is 1.56 bits per heavy atom. The second kappa shape index (κ2) is 6.61. The molecule has 2 aliphatic rings. The smallest absolute Gasteiger partial charge is 0.0692 e. The van der Waals surface area contributed by atoms with Crippen molar-refractivity contribution < 1.29 is 5.11 Å². The van der Waals surface area contributed by atoms with Crippen LogP contribution in [0.2, 0.25) is 0 Å². The van der Waals surface area contributed by atoms with E-state index in [1.807, 2.05) is 0 Å². The Morgan fingerprint density at radius 3 is 2.25 bits per heavy atom. The van der Waals surface area contributed by atoms with Crippen LogP contribution in [0, 0.1) is 11.8 Å². The molecule has 0 saturated heterocycles. The zero-order chi connectivity index (χ0) is 11.2. The maximum absolute atomic E-state index is 10.1. The molecule has 94 valence electrons. The van der Waals surface area contributed by atoms with Crippen molar-refractivity contribution in [1.29, 1.82) is 0 Å². The maximum Gasteiger partial charge on any atom is 0.0692 e. The normalized spacial score (nSPS) is 26.1. The van der Waals surface area contributed by atoms with Crippen molar-refractivity contribution in [3.05, 3.63) is 0 Å². The molecule has 0 aromatic heterocycles. The summed E-state index contributed by atoms with van der Waals surface area (Å²) >= 11 is 0. The van der Waals surface area contributed by atoms with Gasteiger partial charge in [-0.2, -0.15) is 0 Å². The van der Waals surface area contributed by atoms with Gasteiger partial charge < -0.3 is 10.4 Å². The average Bonchev–Trinajstić information content (AvgIpc) is 2.83. The Morgan fingerprint density at radius 1 is 0.938 bits per heavy atom. The van der Waals surface area contributed by atoms with E-state index in [2.05, 4.69) is 5.32 Å². The number of hydrogen-bond acceptors (Lipinski definition) is 2. The van der Waals surface area contributed by atoms with Crippen molar-refractivity contribution in [3.63, 3.8) is 0 Å². The lowest BCUT2D eigenvalue weighted by molar-refractivity contribution is 0.0833. The van der Waals surface area contributed by atoms with Crippen molar-refractivity contribution in [1.82, 2.24) is 5.32 Å². The van der Waals surface area contributed by atoms with Crippen molar-refractivity contribution >= 4 is 0 Å². The van der Waals surface area contributed by atoms with Gasteiger partial charge in [-0.3, -0.25) is 0 Å². The van der Waals surface area contributed by atoms with Crippen LogP contribution in [0.4, 0.5) is 0 Å². The topological polar surface area (TPSA) is 32.3 Å². The summed E-state index contributed by atoms with van der Waals surface area (Å²) in [4.78, 5) is 0. The molecule has 2 saturated carbocycles. The zero-order valence-corrected chi connectivity index (χ0v) is 10.5. The van der Waals surface area contributed by atoms with Crippen LogP contribution >= 0.6 is 0 Å². The van der Waals surface area contributed by atoms with Crippen LogP contribution in [0.25, 0.3) is 0 Å². The largest absolute Gasteiger partial charge is 0.392 e. The average molecular weight is 225 g/mol. The summed E-state index contributed by atoms with van der Waals surface area (Å²) in [6.45, 7) is 1.95. The fraction of sp³-hybridized carbons (Fsp3) is 1.00. The Hall–Kier alpha value is -0.0800. The van der Waals surface area contributed by atoms with Gasteiger partial charge in [0.1, 0.15) is 0 Å². The lowest BCUT2D eigenvalue weighted by atomic mass is 9.85. The van der Waals surface area contributed by atoms with Crippen molar-refractivity contribution in [3.8, 4) is 0 Å². The Balaban J connectivity index is 1.57. The van der Waals surface area contributed by atoms with E-state index in [1.54, 1.807) is 0 Å². The summed E-state index contributed by atoms with van der Waals surface area (Å²) in [6.07, 6.45) is 12.0. The Labute approximate surface area is 99.8 Å². The summed E-state index contributed by atoms with van der Waals surface area (Å²) in [7, 11) is 0. The highest BCUT2D eigenvalue weighted by Gasteiger charge is 2.22. The lowest BCUT2D eigenvalue weighted by Gasteiger charge is -2.27. The Bertz CT molecular complexity index is 183. The third kappa shape index (κ3) is 3.74. The van der Waals surface area contributed by atoms with E-state index in [9.17, 15) is 5.11 Å². The summed E-state index contributed by atoms with van der Waals surface area (Å²) in [5, 5.41) is 13.6. The second-order valence-electron chi connectivity index (χ2n) is 5.77.